The normalized spacial score (nSPS) is 16.4. The van der Waals surface area contributed by atoms with Crippen LogP contribution in [0.1, 0.15) is 31.7 Å². The smallest absolute Gasteiger partial charge is 0.311 e. The minimum absolute atomic E-state index is 0.0583. The van der Waals surface area contributed by atoms with Crippen molar-refractivity contribution < 1.29 is 24.2 Å². The molecule has 6 nitrogen and oxygen atoms in total. The van der Waals surface area contributed by atoms with Gasteiger partial charge in [0.25, 0.3) is 0 Å². The van der Waals surface area contributed by atoms with E-state index in [1.165, 1.54) is 24.5 Å². The molecular weight excluding hydrogens is 348 g/mol. The van der Waals surface area contributed by atoms with Crippen molar-refractivity contribution in [2.24, 2.45) is 5.92 Å². The van der Waals surface area contributed by atoms with Gasteiger partial charge in [-0.2, -0.15) is 0 Å². The van der Waals surface area contributed by atoms with Gasteiger partial charge in [0.2, 0.25) is 5.43 Å². The summed E-state index contributed by atoms with van der Waals surface area (Å²) in [6, 6.07) is 7.45. The summed E-state index contributed by atoms with van der Waals surface area (Å²) < 4.78 is 11.1. The number of aromatic hydroxyl groups is 2. The second-order valence-electron chi connectivity index (χ2n) is 7.07. The van der Waals surface area contributed by atoms with Gasteiger partial charge in [-0.05, 0) is 23.6 Å². The molecule has 0 unspecified atom stereocenters. The summed E-state index contributed by atoms with van der Waals surface area (Å²) in [7, 11) is 0. The average Bonchev–Trinajstić information content (AvgIpc) is 2.61. The van der Waals surface area contributed by atoms with Crippen LogP contribution in [-0.2, 0) is 4.79 Å². The summed E-state index contributed by atoms with van der Waals surface area (Å²) >= 11 is 0. The fourth-order valence-electron chi connectivity index (χ4n) is 3.58. The topological polar surface area (TPSA) is 97.0 Å². The van der Waals surface area contributed by atoms with E-state index in [0.717, 1.165) is 0 Å². The molecule has 2 aromatic carbocycles. The van der Waals surface area contributed by atoms with Crippen LogP contribution in [0.4, 0.5) is 0 Å². The second kappa shape index (κ2) is 6.16. The molecule has 138 valence electrons. The maximum absolute atomic E-state index is 13.1. The molecule has 1 aliphatic heterocycles. The minimum atomic E-state index is -0.387. The molecule has 2 N–H and O–H groups in total. The Labute approximate surface area is 154 Å². The standard InChI is InChI=1S/C21H18O6/c1-10(2)13-7-17(24)27-16-8-15(23)19-20(25)14(9-26-21(19)18(13)16)11-3-5-12(22)6-4-11/h3-6,8-10,13,22-23H,7H2,1-2H3/t13-/m0/s1. The van der Waals surface area contributed by atoms with Crippen molar-refractivity contribution >= 4 is 16.9 Å². The molecule has 27 heavy (non-hydrogen) atoms. The Kier molecular flexibility index (Phi) is 3.91. The summed E-state index contributed by atoms with van der Waals surface area (Å²) in [5, 5.41) is 19.9. The van der Waals surface area contributed by atoms with Crippen molar-refractivity contribution in [1.82, 2.24) is 0 Å². The Bertz CT molecular complexity index is 1110. The van der Waals surface area contributed by atoms with Crippen LogP contribution in [-0.4, -0.2) is 16.2 Å². The number of carbonyl (C=O) groups excluding carboxylic acids is 1. The number of esters is 1. The third-order valence-corrected chi connectivity index (χ3v) is 4.99. The first kappa shape index (κ1) is 17.1. The largest absolute Gasteiger partial charge is 0.508 e. The van der Waals surface area contributed by atoms with Gasteiger partial charge >= 0.3 is 5.97 Å². The van der Waals surface area contributed by atoms with Crippen LogP contribution in [0.2, 0.25) is 0 Å². The number of carbonyl (C=O) groups is 1. The van der Waals surface area contributed by atoms with E-state index in [2.05, 4.69) is 0 Å². The summed E-state index contributed by atoms with van der Waals surface area (Å²) in [6.07, 6.45) is 1.53. The van der Waals surface area contributed by atoms with Gasteiger partial charge in [-0.3, -0.25) is 9.59 Å². The van der Waals surface area contributed by atoms with Crippen LogP contribution < -0.4 is 10.2 Å². The molecule has 1 atom stereocenters. The zero-order chi connectivity index (χ0) is 19.3. The van der Waals surface area contributed by atoms with Crippen molar-refractivity contribution in [3.05, 3.63) is 52.4 Å². The summed E-state index contributed by atoms with van der Waals surface area (Å²) in [5.74, 6) is -0.408. The van der Waals surface area contributed by atoms with Crippen molar-refractivity contribution in [1.29, 1.82) is 0 Å². The van der Waals surface area contributed by atoms with E-state index < -0.39 is 0 Å². The van der Waals surface area contributed by atoms with Crippen molar-refractivity contribution in [3.63, 3.8) is 0 Å². The highest BCUT2D eigenvalue weighted by atomic mass is 16.5. The SMILES string of the molecule is CC(C)[C@@H]1CC(=O)Oc2cc(O)c3c(=O)c(-c4ccc(O)cc4)coc3c21. The number of benzene rings is 2. The number of phenolic OH excluding ortho intramolecular Hbond substituents is 2. The van der Waals surface area contributed by atoms with Crippen LogP contribution in [0.3, 0.4) is 0 Å². The van der Waals surface area contributed by atoms with Gasteiger partial charge in [-0.1, -0.05) is 26.0 Å². The molecule has 0 aliphatic carbocycles. The number of ether oxygens (including phenoxy) is 1. The van der Waals surface area contributed by atoms with E-state index in [4.69, 9.17) is 9.15 Å². The Balaban J connectivity index is 2.01. The lowest BCUT2D eigenvalue weighted by Crippen LogP contribution is -2.24. The summed E-state index contributed by atoms with van der Waals surface area (Å²) in [4.78, 5) is 25.0. The van der Waals surface area contributed by atoms with Gasteiger partial charge in [-0.25, -0.2) is 0 Å². The third kappa shape index (κ3) is 2.73. The van der Waals surface area contributed by atoms with E-state index >= 15 is 0 Å². The molecule has 0 saturated heterocycles. The van der Waals surface area contributed by atoms with E-state index in [1.807, 2.05) is 13.8 Å². The first-order chi connectivity index (χ1) is 12.9. The van der Waals surface area contributed by atoms with E-state index in [9.17, 15) is 19.8 Å². The molecule has 0 amide bonds. The number of hydrogen-bond acceptors (Lipinski definition) is 6. The molecule has 0 spiro atoms. The minimum Gasteiger partial charge on any atom is -0.508 e. The second-order valence-corrected chi connectivity index (χ2v) is 7.07. The number of fused-ring (bicyclic) bond motifs is 3. The lowest BCUT2D eigenvalue weighted by Gasteiger charge is -2.28. The maximum atomic E-state index is 13.1. The molecule has 2 heterocycles. The molecule has 1 aromatic heterocycles. The molecule has 4 rings (SSSR count). The van der Waals surface area contributed by atoms with Gasteiger partial charge in [0.1, 0.15) is 34.5 Å². The van der Waals surface area contributed by atoms with Crippen LogP contribution in [0.15, 0.2) is 45.8 Å². The van der Waals surface area contributed by atoms with Crippen molar-refractivity contribution in [2.45, 2.75) is 26.2 Å². The molecular formula is C21H18O6. The molecule has 0 bridgehead atoms. The highest BCUT2D eigenvalue weighted by molar-refractivity contribution is 5.93. The number of rotatable bonds is 2. The first-order valence-electron chi connectivity index (χ1n) is 8.68. The van der Waals surface area contributed by atoms with Crippen LogP contribution in [0, 0.1) is 5.92 Å². The maximum Gasteiger partial charge on any atom is 0.311 e. The Morgan fingerprint density at radius 1 is 1.11 bits per heavy atom. The van der Waals surface area contributed by atoms with Crippen molar-refractivity contribution in [2.75, 3.05) is 0 Å². The van der Waals surface area contributed by atoms with E-state index in [-0.39, 0.29) is 63.4 Å². The highest BCUT2D eigenvalue weighted by Gasteiger charge is 2.34. The van der Waals surface area contributed by atoms with Crippen molar-refractivity contribution in [3.8, 4) is 28.4 Å². The number of phenols is 2. The van der Waals surface area contributed by atoms with Gasteiger partial charge in [0.05, 0.1) is 12.0 Å². The van der Waals surface area contributed by atoms with Gasteiger partial charge in [0.15, 0.2) is 0 Å². The lowest BCUT2D eigenvalue weighted by atomic mass is 9.82. The molecule has 3 aromatic rings. The quantitative estimate of drug-likeness (QED) is 0.527. The Hall–Kier alpha value is -3.28. The van der Waals surface area contributed by atoms with Crippen LogP contribution in [0.25, 0.3) is 22.1 Å². The first-order valence-corrected chi connectivity index (χ1v) is 8.68. The number of hydrogen-bond donors (Lipinski definition) is 2. The molecule has 6 heteroatoms. The zero-order valence-corrected chi connectivity index (χ0v) is 14.9. The Morgan fingerprint density at radius 2 is 1.81 bits per heavy atom. The summed E-state index contributed by atoms with van der Waals surface area (Å²) in [5.41, 5.74) is 1.32. The van der Waals surface area contributed by atoms with Crippen LogP contribution in [0.5, 0.6) is 17.2 Å². The lowest BCUT2D eigenvalue weighted by molar-refractivity contribution is -0.136. The average molecular weight is 366 g/mol. The van der Waals surface area contributed by atoms with Gasteiger partial charge < -0.3 is 19.4 Å². The van der Waals surface area contributed by atoms with E-state index in [0.29, 0.717) is 11.1 Å². The third-order valence-electron chi connectivity index (χ3n) is 4.99. The monoisotopic (exact) mass is 366 g/mol. The fraction of sp³-hybridized carbons (Fsp3) is 0.238. The Morgan fingerprint density at radius 3 is 2.48 bits per heavy atom. The fourth-order valence-corrected chi connectivity index (χ4v) is 3.58. The molecule has 0 fully saturated rings. The van der Waals surface area contributed by atoms with Crippen LogP contribution >= 0.6 is 0 Å². The van der Waals surface area contributed by atoms with E-state index in [1.54, 1.807) is 12.1 Å². The predicted molar refractivity (Wildman–Crippen MR) is 99.1 cm³/mol. The highest BCUT2D eigenvalue weighted by Crippen LogP contribution is 2.45. The zero-order valence-electron chi connectivity index (χ0n) is 14.9. The van der Waals surface area contributed by atoms with Gasteiger partial charge in [0, 0.05) is 17.5 Å². The van der Waals surface area contributed by atoms with Gasteiger partial charge in [-0.15, -0.1) is 0 Å². The summed E-state index contributed by atoms with van der Waals surface area (Å²) in [6.45, 7) is 3.96. The molecule has 0 radical (unpaired) electrons. The predicted octanol–water partition coefficient (Wildman–Crippen LogP) is 3.92. The molecule has 0 saturated carbocycles. The molecule has 1 aliphatic rings.